The van der Waals surface area contributed by atoms with Crippen LogP contribution in [0.2, 0.25) is 0 Å². The molecular weight excluding hydrogens is 180 g/mol. The van der Waals surface area contributed by atoms with Crippen molar-refractivity contribution in [3.05, 3.63) is 0 Å². The minimum Gasteiger partial charge on any atom is -0.461 e. The summed E-state index contributed by atoms with van der Waals surface area (Å²) in [7, 11) is 0. The van der Waals surface area contributed by atoms with E-state index in [1.165, 1.54) is 6.92 Å². The zero-order chi connectivity index (χ0) is 10.1. The van der Waals surface area contributed by atoms with Gasteiger partial charge in [-0.25, -0.2) is 0 Å². The molecule has 2 aliphatic heterocycles. The Kier molecular flexibility index (Phi) is 2.74. The summed E-state index contributed by atoms with van der Waals surface area (Å²) >= 11 is 0. The van der Waals surface area contributed by atoms with Gasteiger partial charge < -0.3 is 10.5 Å². The average molecular weight is 198 g/mol. The molecule has 0 aromatic carbocycles. The van der Waals surface area contributed by atoms with E-state index in [2.05, 4.69) is 4.90 Å². The van der Waals surface area contributed by atoms with E-state index in [0.717, 1.165) is 32.4 Å². The lowest BCUT2D eigenvalue weighted by Gasteiger charge is -2.34. The van der Waals surface area contributed by atoms with Crippen LogP contribution in [0.15, 0.2) is 0 Å². The predicted octanol–water partition coefficient (Wildman–Crippen LogP) is 0.114. The molecule has 14 heavy (non-hydrogen) atoms. The summed E-state index contributed by atoms with van der Waals surface area (Å²) in [4.78, 5) is 13.2. The Morgan fingerprint density at radius 3 is 2.93 bits per heavy atom. The highest BCUT2D eigenvalue weighted by Crippen LogP contribution is 2.28. The number of rotatable bonds is 1. The summed E-state index contributed by atoms with van der Waals surface area (Å²) in [5.41, 5.74) is 5.89. The third-order valence-corrected chi connectivity index (χ3v) is 3.22. The highest BCUT2D eigenvalue weighted by molar-refractivity contribution is 5.66. The first-order valence-electron chi connectivity index (χ1n) is 5.33. The second kappa shape index (κ2) is 3.87. The van der Waals surface area contributed by atoms with Crippen LogP contribution in [0.25, 0.3) is 0 Å². The van der Waals surface area contributed by atoms with Gasteiger partial charge in [0.05, 0.1) is 0 Å². The van der Waals surface area contributed by atoms with Crippen LogP contribution in [0.1, 0.15) is 26.2 Å². The number of nitrogens with two attached hydrogens (primary N) is 1. The molecule has 0 bridgehead atoms. The molecule has 0 aliphatic carbocycles. The second-order valence-corrected chi connectivity index (χ2v) is 4.34. The fourth-order valence-electron chi connectivity index (χ4n) is 2.61. The first-order chi connectivity index (χ1) is 6.66. The molecule has 3 atom stereocenters. The monoisotopic (exact) mass is 198 g/mol. The first-order valence-corrected chi connectivity index (χ1v) is 5.33. The molecule has 2 heterocycles. The fraction of sp³-hybridized carbons (Fsp3) is 0.900. The summed E-state index contributed by atoms with van der Waals surface area (Å²) in [6, 6.07) is 0.737. The van der Waals surface area contributed by atoms with Gasteiger partial charge in [-0.3, -0.25) is 9.69 Å². The van der Waals surface area contributed by atoms with Crippen molar-refractivity contribution in [2.24, 2.45) is 5.73 Å². The van der Waals surface area contributed by atoms with Crippen molar-refractivity contribution in [1.29, 1.82) is 0 Å². The van der Waals surface area contributed by atoms with E-state index >= 15 is 0 Å². The molecule has 2 saturated heterocycles. The van der Waals surface area contributed by atoms with Gasteiger partial charge in [0, 0.05) is 32.1 Å². The topological polar surface area (TPSA) is 55.6 Å². The SMILES string of the molecule is CC(=O)O[C@H]1CCN2C[C@H](N)CC[C@@H]12. The Morgan fingerprint density at radius 2 is 2.21 bits per heavy atom. The molecule has 0 aromatic heterocycles. The van der Waals surface area contributed by atoms with E-state index in [-0.39, 0.29) is 12.1 Å². The van der Waals surface area contributed by atoms with Gasteiger partial charge in [0.25, 0.3) is 0 Å². The van der Waals surface area contributed by atoms with Crippen molar-refractivity contribution in [3.8, 4) is 0 Å². The molecule has 2 N–H and O–H groups in total. The summed E-state index contributed by atoms with van der Waals surface area (Å²) < 4.78 is 5.29. The maximum absolute atomic E-state index is 10.9. The fourth-order valence-corrected chi connectivity index (χ4v) is 2.61. The molecule has 0 spiro atoms. The Labute approximate surface area is 84.4 Å². The number of nitrogens with zero attached hydrogens (tertiary/aromatic N) is 1. The van der Waals surface area contributed by atoms with Gasteiger partial charge in [0.2, 0.25) is 0 Å². The quantitative estimate of drug-likeness (QED) is 0.608. The largest absolute Gasteiger partial charge is 0.461 e. The van der Waals surface area contributed by atoms with Crippen LogP contribution in [0, 0.1) is 0 Å². The van der Waals surface area contributed by atoms with E-state index in [1.54, 1.807) is 0 Å². The zero-order valence-corrected chi connectivity index (χ0v) is 8.61. The Balaban J connectivity index is 1.95. The number of ether oxygens (including phenoxy) is 1. The molecule has 80 valence electrons. The van der Waals surface area contributed by atoms with Gasteiger partial charge in [-0.2, -0.15) is 0 Å². The number of hydrogen-bond acceptors (Lipinski definition) is 4. The normalized spacial score (nSPS) is 38.0. The van der Waals surface area contributed by atoms with Crippen LogP contribution < -0.4 is 5.73 Å². The zero-order valence-electron chi connectivity index (χ0n) is 8.61. The number of carbonyl (C=O) groups excluding carboxylic acids is 1. The van der Waals surface area contributed by atoms with Crippen LogP contribution in [-0.4, -0.2) is 42.1 Å². The predicted molar refractivity (Wildman–Crippen MR) is 52.7 cm³/mol. The molecule has 4 nitrogen and oxygen atoms in total. The lowest BCUT2D eigenvalue weighted by Crippen LogP contribution is -2.48. The van der Waals surface area contributed by atoms with E-state index in [4.69, 9.17) is 10.5 Å². The number of carbonyl (C=O) groups is 1. The average Bonchev–Trinajstić information content (AvgIpc) is 2.47. The van der Waals surface area contributed by atoms with Crippen LogP contribution in [-0.2, 0) is 9.53 Å². The summed E-state index contributed by atoms with van der Waals surface area (Å²) in [5, 5.41) is 0. The third kappa shape index (κ3) is 1.91. The van der Waals surface area contributed by atoms with Crippen molar-refractivity contribution >= 4 is 5.97 Å². The second-order valence-electron chi connectivity index (χ2n) is 4.34. The number of piperidine rings is 1. The minimum absolute atomic E-state index is 0.111. The maximum atomic E-state index is 10.9. The molecular formula is C10H18N2O2. The van der Waals surface area contributed by atoms with E-state index in [0.29, 0.717) is 12.1 Å². The molecule has 2 rings (SSSR count). The number of fused-ring (bicyclic) bond motifs is 1. The molecule has 0 unspecified atom stereocenters. The van der Waals surface area contributed by atoms with Gasteiger partial charge >= 0.3 is 5.97 Å². The van der Waals surface area contributed by atoms with Gasteiger partial charge in [-0.1, -0.05) is 0 Å². The smallest absolute Gasteiger partial charge is 0.302 e. The van der Waals surface area contributed by atoms with Crippen molar-refractivity contribution in [2.45, 2.75) is 44.4 Å². The van der Waals surface area contributed by atoms with E-state index in [1.807, 2.05) is 0 Å². The van der Waals surface area contributed by atoms with Crippen molar-refractivity contribution in [1.82, 2.24) is 4.90 Å². The Morgan fingerprint density at radius 1 is 1.43 bits per heavy atom. The van der Waals surface area contributed by atoms with Crippen molar-refractivity contribution < 1.29 is 9.53 Å². The molecule has 0 saturated carbocycles. The summed E-state index contributed by atoms with van der Waals surface area (Å²) in [6.07, 6.45) is 3.20. The van der Waals surface area contributed by atoms with Crippen LogP contribution in [0.3, 0.4) is 0 Å². The molecule has 0 amide bonds. The van der Waals surface area contributed by atoms with Crippen molar-refractivity contribution in [2.75, 3.05) is 13.1 Å². The Bertz CT molecular complexity index is 232. The third-order valence-electron chi connectivity index (χ3n) is 3.22. The van der Waals surface area contributed by atoms with E-state index < -0.39 is 0 Å². The molecule has 4 heteroatoms. The summed E-state index contributed by atoms with van der Waals surface area (Å²) in [5.74, 6) is -0.160. The van der Waals surface area contributed by atoms with Crippen molar-refractivity contribution in [3.63, 3.8) is 0 Å². The molecule has 0 aromatic rings. The van der Waals surface area contributed by atoms with Crippen LogP contribution in [0.4, 0.5) is 0 Å². The first kappa shape index (κ1) is 9.93. The highest BCUT2D eigenvalue weighted by Gasteiger charge is 2.39. The van der Waals surface area contributed by atoms with Gasteiger partial charge in [0.1, 0.15) is 6.10 Å². The number of esters is 1. The van der Waals surface area contributed by atoms with Gasteiger partial charge in [0.15, 0.2) is 0 Å². The number of hydrogen-bond donors (Lipinski definition) is 1. The minimum atomic E-state index is -0.160. The van der Waals surface area contributed by atoms with Gasteiger partial charge in [-0.05, 0) is 19.3 Å². The van der Waals surface area contributed by atoms with E-state index in [9.17, 15) is 4.79 Å². The molecule has 0 radical (unpaired) electrons. The molecule has 2 aliphatic rings. The lowest BCUT2D eigenvalue weighted by atomic mass is 9.98. The Hall–Kier alpha value is -0.610. The highest BCUT2D eigenvalue weighted by atomic mass is 16.5. The molecule has 2 fully saturated rings. The standard InChI is InChI=1S/C10H18N2O2/c1-7(13)14-10-4-5-12-6-8(11)2-3-9(10)12/h8-10H,2-6,11H2,1H3/t8-,9+,10+/m1/s1. The van der Waals surface area contributed by atoms with Crippen LogP contribution in [0.5, 0.6) is 0 Å². The lowest BCUT2D eigenvalue weighted by molar-refractivity contribution is -0.147. The summed E-state index contributed by atoms with van der Waals surface area (Å²) in [6.45, 7) is 3.47. The maximum Gasteiger partial charge on any atom is 0.302 e. The van der Waals surface area contributed by atoms with Crippen LogP contribution >= 0.6 is 0 Å². The van der Waals surface area contributed by atoms with Gasteiger partial charge in [-0.15, -0.1) is 0 Å².